The lowest BCUT2D eigenvalue weighted by molar-refractivity contribution is -0.777. The van der Waals surface area contributed by atoms with Crippen LogP contribution >= 0.6 is 12.0 Å². The molecule has 0 bridgehead atoms. The van der Waals surface area contributed by atoms with E-state index in [4.69, 9.17) is 0 Å². The van der Waals surface area contributed by atoms with Gasteiger partial charge in [0.05, 0.1) is 10.1 Å². The summed E-state index contributed by atoms with van der Waals surface area (Å²) in [5, 5.41) is 12.9. The fraction of sp³-hybridized carbons (Fsp3) is 0.583. The molecule has 1 rings (SSSR count). The summed E-state index contributed by atoms with van der Waals surface area (Å²) in [6.45, 7) is 1.15. The van der Waals surface area contributed by atoms with Gasteiger partial charge in [-0.3, -0.25) is 5.04 Å². The Bertz CT molecular complexity index is 484. The summed E-state index contributed by atoms with van der Waals surface area (Å²) >= 11 is 0.917. The third-order valence-electron chi connectivity index (χ3n) is 2.77. The van der Waals surface area contributed by atoms with Crippen molar-refractivity contribution in [3.63, 3.8) is 0 Å². The Morgan fingerprint density at radius 2 is 1.90 bits per heavy atom. The van der Waals surface area contributed by atoms with Crippen LogP contribution < -0.4 is 5.26 Å². The maximum absolute atomic E-state index is 10.6. The zero-order chi connectivity index (χ0) is 15.6. The number of rotatable bonds is 10. The lowest BCUT2D eigenvalue weighted by atomic mass is 10.1. The van der Waals surface area contributed by atoms with Crippen molar-refractivity contribution in [2.24, 2.45) is 0 Å². The van der Waals surface area contributed by atoms with E-state index in [1.807, 2.05) is 28.9 Å². The van der Waals surface area contributed by atoms with E-state index < -0.39 is 10.1 Å². The predicted octanol–water partition coefficient (Wildman–Crippen LogP) is 0.153. The second-order valence-corrected chi connectivity index (χ2v) is 6.68. The van der Waals surface area contributed by atoms with Crippen molar-refractivity contribution in [2.75, 3.05) is 24.6 Å². The smallest absolute Gasteiger partial charge is 0.199 e. The lowest BCUT2D eigenvalue weighted by Crippen LogP contribution is -2.24. The van der Waals surface area contributed by atoms with Crippen LogP contribution in [-0.4, -0.2) is 47.9 Å². The van der Waals surface area contributed by atoms with Gasteiger partial charge < -0.3 is 9.81 Å². The molecule has 21 heavy (non-hydrogen) atoms. The van der Waals surface area contributed by atoms with Crippen LogP contribution in [0.25, 0.3) is 0 Å². The SMILES string of the molecule is O=S(=O)([O-])CCC[N+](CCCSOO[O-])=C1C=CCC=C1. The van der Waals surface area contributed by atoms with E-state index in [0.717, 1.165) is 30.6 Å². The highest BCUT2D eigenvalue weighted by Crippen LogP contribution is 2.05. The molecule has 1 aliphatic carbocycles. The average molecular weight is 336 g/mol. The highest BCUT2D eigenvalue weighted by atomic mass is 32.2. The van der Waals surface area contributed by atoms with Gasteiger partial charge in [-0.05, 0) is 6.42 Å². The van der Waals surface area contributed by atoms with Gasteiger partial charge in [0.1, 0.15) is 13.1 Å². The van der Waals surface area contributed by atoms with Gasteiger partial charge >= 0.3 is 0 Å². The first-order chi connectivity index (χ1) is 10.0. The zero-order valence-electron chi connectivity index (χ0n) is 11.5. The maximum atomic E-state index is 10.6. The van der Waals surface area contributed by atoms with E-state index in [9.17, 15) is 18.2 Å². The Labute approximate surface area is 128 Å². The van der Waals surface area contributed by atoms with Crippen LogP contribution in [-0.2, 0) is 19.5 Å². The largest absolute Gasteiger partial charge is 0.748 e. The van der Waals surface area contributed by atoms with Gasteiger partial charge in [0.2, 0.25) is 0 Å². The molecule has 0 aromatic rings. The van der Waals surface area contributed by atoms with Crippen molar-refractivity contribution in [2.45, 2.75) is 19.3 Å². The molecule has 0 unspecified atom stereocenters. The molecule has 0 radical (unpaired) electrons. The molecule has 1 aliphatic rings. The van der Waals surface area contributed by atoms with E-state index in [2.05, 4.69) is 9.37 Å². The molecule has 0 saturated carbocycles. The second-order valence-electron chi connectivity index (χ2n) is 4.38. The van der Waals surface area contributed by atoms with Crippen molar-refractivity contribution >= 4 is 27.9 Å². The minimum atomic E-state index is -4.18. The predicted molar refractivity (Wildman–Crippen MR) is 76.3 cm³/mol. The summed E-state index contributed by atoms with van der Waals surface area (Å²) < 4.78 is 38.1. The second kappa shape index (κ2) is 10.1. The summed E-state index contributed by atoms with van der Waals surface area (Å²) in [6, 6.07) is 0. The number of nitrogens with zero attached hydrogens (tertiary/aromatic N) is 1. The van der Waals surface area contributed by atoms with Crippen LogP contribution in [0.4, 0.5) is 0 Å². The van der Waals surface area contributed by atoms with Crippen LogP contribution in [0.1, 0.15) is 19.3 Å². The molecule has 0 heterocycles. The minimum Gasteiger partial charge on any atom is -0.748 e. The third kappa shape index (κ3) is 9.02. The van der Waals surface area contributed by atoms with E-state index in [-0.39, 0.29) is 12.2 Å². The molecule has 0 aromatic heterocycles. The maximum Gasteiger partial charge on any atom is 0.199 e. The molecular weight excluding hydrogens is 318 g/mol. The van der Waals surface area contributed by atoms with E-state index >= 15 is 0 Å². The first-order valence-electron chi connectivity index (χ1n) is 6.49. The van der Waals surface area contributed by atoms with Crippen LogP contribution in [0.3, 0.4) is 0 Å². The molecule has 0 amide bonds. The summed E-state index contributed by atoms with van der Waals surface area (Å²) in [4.78, 5) is 0. The van der Waals surface area contributed by atoms with Gasteiger partial charge in [0, 0.05) is 48.5 Å². The highest BCUT2D eigenvalue weighted by Gasteiger charge is 2.12. The zero-order valence-corrected chi connectivity index (χ0v) is 13.1. The Kier molecular flexibility index (Phi) is 8.81. The average Bonchev–Trinajstić information content (AvgIpc) is 2.45. The molecule has 9 heteroatoms. The standard InChI is InChI=1S/C12H19NO6S2/c14-18-19-20-10-4-8-13(9-5-11-21(15,16)17)12-6-2-1-3-7-12/h2-3,6-7H,1,4-5,8-11H2,(H-,14,15,16,17)/p-1. The fourth-order valence-electron chi connectivity index (χ4n) is 1.89. The van der Waals surface area contributed by atoms with Gasteiger partial charge in [-0.1, -0.05) is 12.2 Å². The Hall–Kier alpha value is -0.710. The van der Waals surface area contributed by atoms with Crippen molar-refractivity contribution in [1.82, 2.24) is 0 Å². The van der Waals surface area contributed by atoms with Crippen molar-refractivity contribution in [3.8, 4) is 0 Å². The number of hydrogen-bond donors (Lipinski definition) is 0. The first kappa shape index (κ1) is 18.3. The van der Waals surface area contributed by atoms with Crippen LogP contribution in [0.15, 0.2) is 24.3 Å². The van der Waals surface area contributed by atoms with E-state index in [0.29, 0.717) is 18.8 Å². The lowest BCUT2D eigenvalue weighted by Gasteiger charge is -2.10. The molecule has 0 N–H and O–H groups in total. The normalized spacial score (nSPS) is 14.7. The van der Waals surface area contributed by atoms with Crippen molar-refractivity contribution in [1.29, 1.82) is 0 Å². The van der Waals surface area contributed by atoms with E-state index in [1.54, 1.807) is 0 Å². The molecule has 0 saturated heterocycles. The van der Waals surface area contributed by atoms with Crippen LogP contribution in [0.2, 0.25) is 0 Å². The van der Waals surface area contributed by atoms with Gasteiger partial charge in [0.25, 0.3) is 0 Å². The number of allylic oxidation sites excluding steroid dienone is 4. The van der Waals surface area contributed by atoms with E-state index in [1.165, 1.54) is 0 Å². The summed E-state index contributed by atoms with van der Waals surface area (Å²) in [5.41, 5.74) is 0.982. The Balaban J connectivity index is 2.52. The Morgan fingerprint density at radius 3 is 2.52 bits per heavy atom. The quantitative estimate of drug-likeness (QED) is 0.140. The summed E-state index contributed by atoms with van der Waals surface area (Å²) in [5.74, 6) is 0.200. The van der Waals surface area contributed by atoms with Gasteiger partial charge in [-0.2, -0.15) is 4.33 Å². The molecule has 0 spiro atoms. The monoisotopic (exact) mass is 336 g/mol. The Morgan fingerprint density at radius 1 is 1.24 bits per heavy atom. The third-order valence-corrected chi connectivity index (χ3v) is 4.16. The summed E-state index contributed by atoms with van der Waals surface area (Å²) in [6.07, 6.45) is 9.84. The molecule has 7 nitrogen and oxygen atoms in total. The number of hydrogen-bond acceptors (Lipinski definition) is 7. The van der Waals surface area contributed by atoms with Crippen molar-refractivity contribution in [3.05, 3.63) is 24.3 Å². The van der Waals surface area contributed by atoms with Gasteiger partial charge in [0.15, 0.2) is 5.71 Å². The van der Waals surface area contributed by atoms with Crippen molar-refractivity contribution < 1.29 is 32.2 Å². The van der Waals surface area contributed by atoms with Gasteiger partial charge in [-0.25, -0.2) is 13.0 Å². The fourth-order valence-corrected chi connectivity index (χ4v) is 2.73. The molecular formula is C12H18NO6S2-. The van der Waals surface area contributed by atoms with Crippen LogP contribution in [0, 0.1) is 0 Å². The first-order valence-corrected chi connectivity index (χ1v) is 8.98. The van der Waals surface area contributed by atoms with Gasteiger partial charge in [-0.15, -0.1) is 0 Å². The summed E-state index contributed by atoms with van der Waals surface area (Å²) in [7, 11) is -4.18. The molecule has 0 fully saturated rings. The minimum absolute atomic E-state index is 0.282. The molecule has 0 aromatic carbocycles. The topological polar surface area (TPSA) is 102 Å². The highest BCUT2D eigenvalue weighted by molar-refractivity contribution is 7.94. The molecule has 0 aliphatic heterocycles. The molecule has 0 atom stereocenters. The van der Waals surface area contributed by atoms with Crippen LogP contribution in [0.5, 0.6) is 0 Å². The molecule has 120 valence electrons.